The minimum atomic E-state index is -0.103. The van der Waals surface area contributed by atoms with Gasteiger partial charge in [-0.25, -0.2) is 4.98 Å². The highest BCUT2D eigenvalue weighted by Gasteiger charge is 2.16. The van der Waals surface area contributed by atoms with Gasteiger partial charge in [0.05, 0.1) is 27.1 Å². The minimum absolute atomic E-state index is 0.0293. The van der Waals surface area contributed by atoms with Crippen LogP contribution in [0, 0.1) is 6.92 Å². The van der Waals surface area contributed by atoms with Crippen molar-refractivity contribution in [3.05, 3.63) is 99.3 Å². The summed E-state index contributed by atoms with van der Waals surface area (Å²) in [6, 6.07) is 21.2. The molecule has 6 heteroatoms. The maximum Gasteiger partial charge on any atom is 0.251 e. The Morgan fingerprint density at radius 2 is 1.81 bits per heavy atom. The van der Waals surface area contributed by atoms with Gasteiger partial charge < -0.3 is 9.88 Å². The predicted octanol–water partition coefficient (Wildman–Crippen LogP) is 6.58. The average Bonchev–Trinajstić information content (AvgIpc) is 3.09. The number of fused-ring (bicyclic) bond motifs is 1. The van der Waals surface area contributed by atoms with Crippen molar-refractivity contribution < 1.29 is 4.79 Å². The first-order valence-corrected chi connectivity index (χ1v) is 11.0. The van der Waals surface area contributed by atoms with E-state index in [4.69, 9.17) is 23.2 Å². The molecule has 4 nitrogen and oxygen atoms in total. The number of imidazole rings is 1. The van der Waals surface area contributed by atoms with Crippen LogP contribution >= 0.6 is 23.2 Å². The molecule has 1 atom stereocenters. The second-order valence-corrected chi connectivity index (χ2v) is 8.36. The van der Waals surface area contributed by atoms with Crippen molar-refractivity contribution in [3.8, 4) is 0 Å². The second kappa shape index (κ2) is 9.13. The van der Waals surface area contributed by atoms with Crippen LogP contribution in [0.3, 0.4) is 0 Å². The van der Waals surface area contributed by atoms with E-state index in [0.29, 0.717) is 22.2 Å². The lowest BCUT2D eigenvalue weighted by Crippen LogP contribution is -2.28. The van der Waals surface area contributed by atoms with Crippen LogP contribution in [0.2, 0.25) is 10.0 Å². The molecule has 3 aromatic carbocycles. The summed E-state index contributed by atoms with van der Waals surface area (Å²) in [5, 5.41) is 4.20. The number of nitrogens with one attached hydrogen (secondary N) is 1. The van der Waals surface area contributed by atoms with E-state index in [1.54, 1.807) is 6.07 Å². The van der Waals surface area contributed by atoms with E-state index in [1.165, 1.54) is 0 Å². The first kappa shape index (κ1) is 21.4. The number of hydrogen-bond acceptors (Lipinski definition) is 2. The topological polar surface area (TPSA) is 46.9 Å². The molecule has 0 aliphatic heterocycles. The van der Waals surface area contributed by atoms with Crippen LogP contribution in [0.15, 0.2) is 66.7 Å². The highest BCUT2D eigenvalue weighted by molar-refractivity contribution is 6.42. The second-order valence-electron chi connectivity index (χ2n) is 7.54. The van der Waals surface area contributed by atoms with Crippen molar-refractivity contribution in [2.75, 3.05) is 0 Å². The van der Waals surface area contributed by atoms with E-state index in [1.807, 2.05) is 67.6 Å². The molecule has 1 amide bonds. The molecule has 0 spiro atoms. The fourth-order valence-corrected chi connectivity index (χ4v) is 4.08. The first-order valence-electron chi connectivity index (χ1n) is 10.2. The maximum absolute atomic E-state index is 12.9. The number of benzene rings is 3. The molecule has 1 N–H and O–H groups in total. The van der Waals surface area contributed by atoms with Gasteiger partial charge in [0.15, 0.2) is 0 Å². The predicted molar refractivity (Wildman–Crippen MR) is 127 cm³/mol. The number of carbonyl (C=O) groups is 1. The normalized spacial score (nSPS) is 12.1. The van der Waals surface area contributed by atoms with Crippen LogP contribution in [0.4, 0.5) is 0 Å². The van der Waals surface area contributed by atoms with Crippen LogP contribution in [0.25, 0.3) is 11.0 Å². The molecule has 4 rings (SSSR count). The zero-order chi connectivity index (χ0) is 22.0. The summed E-state index contributed by atoms with van der Waals surface area (Å²) in [4.78, 5) is 17.6. The number of aromatic nitrogens is 2. The Morgan fingerprint density at radius 1 is 1.03 bits per heavy atom. The van der Waals surface area contributed by atoms with Crippen LogP contribution in [-0.4, -0.2) is 15.5 Å². The van der Waals surface area contributed by atoms with Crippen molar-refractivity contribution in [2.45, 2.75) is 32.9 Å². The number of halogens is 2. The van der Waals surface area contributed by atoms with E-state index < -0.39 is 0 Å². The molecule has 0 aliphatic carbocycles. The number of carbonyl (C=O) groups excluding carboxylic acids is 1. The lowest BCUT2D eigenvalue weighted by molar-refractivity contribution is 0.0935. The summed E-state index contributed by atoms with van der Waals surface area (Å²) >= 11 is 12.2. The van der Waals surface area contributed by atoms with Crippen LogP contribution in [-0.2, 0) is 6.54 Å². The highest BCUT2D eigenvalue weighted by Crippen LogP contribution is 2.25. The molecule has 0 unspecified atom stereocenters. The van der Waals surface area contributed by atoms with Crippen LogP contribution in [0.5, 0.6) is 0 Å². The Kier molecular flexibility index (Phi) is 6.30. The van der Waals surface area contributed by atoms with Gasteiger partial charge in [-0.3, -0.25) is 4.79 Å². The zero-order valence-corrected chi connectivity index (χ0v) is 18.9. The van der Waals surface area contributed by atoms with Gasteiger partial charge in [0, 0.05) is 12.1 Å². The molecular weight excluding hydrogens is 429 g/mol. The SMILES string of the molecule is CC[C@@H](NC(=O)c1ccc2c(c1)nc(C)n2Cc1ccc(Cl)c(Cl)c1)c1ccccc1. The van der Waals surface area contributed by atoms with Gasteiger partial charge in [-0.2, -0.15) is 0 Å². The largest absolute Gasteiger partial charge is 0.345 e. The van der Waals surface area contributed by atoms with E-state index in [-0.39, 0.29) is 11.9 Å². The Balaban J connectivity index is 1.58. The molecule has 158 valence electrons. The summed E-state index contributed by atoms with van der Waals surface area (Å²) in [5.41, 5.74) is 4.49. The molecule has 0 saturated heterocycles. The summed E-state index contributed by atoms with van der Waals surface area (Å²) < 4.78 is 2.11. The third-order valence-corrected chi connectivity index (χ3v) is 6.18. The van der Waals surface area contributed by atoms with Gasteiger partial charge in [-0.15, -0.1) is 0 Å². The van der Waals surface area contributed by atoms with Crippen molar-refractivity contribution in [2.24, 2.45) is 0 Å². The van der Waals surface area contributed by atoms with Crippen molar-refractivity contribution in [1.29, 1.82) is 0 Å². The minimum Gasteiger partial charge on any atom is -0.345 e. The Labute approximate surface area is 191 Å². The van der Waals surface area contributed by atoms with Crippen molar-refractivity contribution in [1.82, 2.24) is 14.9 Å². The average molecular weight is 452 g/mol. The monoisotopic (exact) mass is 451 g/mol. The standard InChI is InChI=1S/C25H23Cl2N3O/c1-3-22(18-7-5-4-6-8-18)29-25(31)19-10-12-24-23(14-19)28-16(2)30(24)15-17-9-11-20(26)21(27)13-17/h4-14,22H,3,15H2,1-2H3,(H,29,31)/t22-/m1/s1. The number of rotatable bonds is 6. The van der Waals surface area contributed by atoms with Crippen molar-refractivity contribution in [3.63, 3.8) is 0 Å². The van der Waals surface area contributed by atoms with Crippen LogP contribution < -0.4 is 5.32 Å². The number of hydrogen-bond donors (Lipinski definition) is 1. The van der Waals surface area contributed by atoms with Gasteiger partial charge in [-0.05, 0) is 54.8 Å². The van der Waals surface area contributed by atoms with Crippen LogP contribution in [0.1, 0.15) is 46.7 Å². The first-order chi connectivity index (χ1) is 15.0. The smallest absolute Gasteiger partial charge is 0.251 e. The number of aryl methyl sites for hydroxylation is 1. The highest BCUT2D eigenvalue weighted by atomic mass is 35.5. The summed E-state index contributed by atoms with van der Waals surface area (Å²) in [6.07, 6.45) is 0.815. The Morgan fingerprint density at radius 3 is 2.52 bits per heavy atom. The quantitative estimate of drug-likeness (QED) is 0.359. The van der Waals surface area contributed by atoms with E-state index in [9.17, 15) is 4.79 Å². The molecule has 0 radical (unpaired) electrons. The Bertz CT molecular complexity index is 1230. The molecule has 1 heterocycles. The summed E-state index contributed by atoms with van der Waals surface area (Å²) in [7, 11) is 0. The molecule has 1 aromatic heterocycles. The molecule has 0 saturated carbocycles. The lowest BCUT2D eigenvalue weighted by Gasteiger charge is -2.17. The third kappa shape index (κ3) is 4.60. The van der Waals surface area contributed by atoms with Gasteiger partial charge in [-0.1, -0.05) is 66.5 Å². The molecule has 0 aliphatic rings. The molecule has 0 fully saturated rings. The van der Waals surface area contributed by atoms with Gasteiger partial charge >= 0.3 is 0 Å². The molecule has 31 heavy (non-hydrogen) atoms. The summed E-state index contributed by atoms with van der Waals surface area (Å²) in [5.74, 6) is 0.767. The fourth-order valence-electron chi connectivity index (χ4n) is 3.76. The van der Waals surface area contributed by atoms with Gasteiger partial charge in [0.2, 0.25) is 0 Å². The molecule has 4 aromatic rings. The zero-order valence-electron chi connectivity index (χ0n) is 17.4. The summed E-state index contributed by atoms with van der Waals surface area (Å²) in [6.45, 7) is 4.64. The van der Waals surface area contributed by atoms with E-state index >= 15 is 0 Å². The molecular formula is C25H23Cl2N3O. The van der Waals surface area contributed by atoms with E-state index in [2.05, 4.69) is 21.8 Å². The number of nitrogens with zero attached hydrogens (tertiary/aromatic N) is 2. The van der Waals surface area contributed by atoms with Crippen molar-refractivity contribution >= 4 is 40.1 Å². The Hall–Kier alpha value is -2.82. The third-order valence-electron chi connectivity index (χ3n) is 5.44. The lowest BCUT2D eigenvalue weighted by atomic mass is 10.0. The maximum atomic E-state index is 12.9. The number of amides is 1. The fraction of sp³-hybridized carbons (Fsp3) is 0.200. The molecule has 0 bridgehead atoms. The van der Waals surface area contributed by atoms with Gasteiger partial charge in [0.25, 0.3) is 5.91 Å². The van der Waals surface area contributed by atoms with Gasteiger partial charge in [0.1, 0.15) is 5.82 Å². The van der Waals surface area contributed by atoms with E-state index in [0.717, 1.165) is 34.4 Å².